The molecule has 1 atom stereocenters. The summed E-state index contributed by atoms with van der Waals surface area (Å²) in [6.07, 6.45) is 3.21. The van der Waals surface area contributed by atoms with Crippen LogP contribution < -0.4 is 0 Å². The smallest absolute Gasteiger partial charge is 0.0933 e. The van der Waals surface area contributed by atoms with Crippen LogP contribution in [0.4, 0.5) is 0 Å². The lowest BCUT2D eigenvalue weighted by Crippen LogP contribution is -2.01. The van der Waals surface area contributed by atoms with E-state index in [2.05, 4.69) is 23.2 Å². The molecule has 0 spiro atoms. The van der Waals surface area contributed by atoms with E-state index in [-0.39, 0.29) is 0 Å². The predicted octanol–water partition coefficient (Wildman–Crippen LogP) is 2.18. The van der Waals surface area contributed by atoms with Crippen LogP contribution in [-0.2, 0) is 0 Å². The predicted molar refractivity (Wildman–Crippen MR) is 37.6 cm³/mol. The molecule has 1 heterocycles. The Bertz CT molecular complexity index is 147. The van der Waals surface area contributed by atoms with E-state index in [0.29, 0.717) is 6.04 Å². The summed E-state index contributed by atoms with van der Waals surface area (Å²) in [5.41, 5.74) is 1.37. The zero-order valence-electron chi connectivity index (χ0n) is 5.96. The van der Waals surface area contributed by atoms with E-state index < -0.39 is 0 Å². The van der Waals surface area contributed by atoms with Crippen molar-refractivity contribution in [2.45, 2.75) is 26.3 Å². The second-order valence-corrected chi connectivity index (χ2v) is 2.20. The Morgan fingerprint density at radius 2 is 2.56 bits per heavy atom. The Labute approximate surface area is 55.7 Å². The maximum Gasteiger partial charge on any atom is 0.0933 e. The SMILES string of the molecule is C/C=C1/CN=NC1CC. The van der Waals surface area contributed by atoms with Gasteiger partial charge in [-0.3, -0.25) is 0 Å². The van der Waals surface area contributed by atoms with Crippen molar-refractivity contribution in [3.8, 4) is 0 Å². The average Bonchev–Trinajstić information content (AvgIpc) is 2.33. The van der Waals surface area contributed by atoms with Gasteiger partial charge < -0.3 is 0 Å². The summed E-state index contributed by atoms with van der Waals surface area (Å²) in [4.78, 5) is 0. The zero-order chi connectivity index (χ0) is 6.69. The molecule has 0 aromatic heterocycles. The molecular weight excluding hydrogens is 112 g/mol. The van der Waals surface area contributed by atoms with Crippen molar-refractivity contribution in [3.63, 3.8) is 0 Å². The van der Waals surface area contributed by atoms with Crippen molar-refractivity contribution in [3.05, 3.63) is 11.6 Å². The van der Waals surface area contributed by atoms with Gasteiger partial charge in [0.15, 0.2) is 0 Å². The minimum atomic E-state index is 0.398. The quantitative estimate of drug-likeness (QED) is 0.479. The molecule has 0 fully saturated rings. The van der Waals surface area contributed by atoms with Crippen LogP contribution in [0.3, 0.4) is 0 Å². The monoisotopic (exact) mass is 124 g/mol. The lowest BCUT2D eigenvalue weighted by Gasteiger charge is -2.01. The van der Waals surface area contributed by atoms with E-state index in [1.165, 1.54) is 5.57 Å². The average molecular weight is 124 g/mol. The van der Waals surface area contributed by atoms with Crippen LogP contribution >= 0.6 is 0 Å². The highest BCUT2D eigenvalue weighted by atomic mass is 15.2. The number of azo groups is 1. The Morgan fingerprint density at radius 1 is 1.78 bits per heavy atom. The molecule has 0 aliphatic carbocycles. The van der Waals surface area contributed by atoms with Gasteiger partial charge in [0.05, 0.1) is 12.6 Å². The van der Waals surface area contributed by atoms with E-state index in [4.69, 9.17) is 0 Å². The molecule has 9 heavy (non-hydrogen) atoms. The van der Waals surface area contributed by atoms with Gasteiger partial charge in [-0.25, -0.2) is 0 Å². The molecule has 0 N–H and O–H groups in total. The van der Waals surface area contributed by atoms with E-state index >= 15 is 0 Å². The van der Waals surface area contributed by atoms with Gasteiger partial charge in [-0.2, -0.15) is 10.2 Å². The maximum absolute atomic E-state index is 4.06. The fraction of sp³-hybridized carbons (Fsp3) is 0.714. The fourth-order valence-corrected chi connectivity index (χ4v) is 1.03. The summed E-state index contributed by atoms with van der Waals surface area (Å²) in [6.45, 7) is 5.02. The van der Waals surface area contributed by atoms with E-state index in [1.54, 1.807) is 0 Å². The van der Waals surface area contributed by atoms with Gasteiger partial charge in [0.2, 0.25) is 0 Å². The third-order valence-electron chi connectivity index (χ3n) is 1.66. The summed E-state index contributed by atoms with van der Waals surface area (Å²) in [6, 6.07) is 0.398. The highest BCUT2D eigenvalue weighted by Gasteiger charge is 2.14. The third-order valence-corrected chi connectivity index (χ3v) is 1.66. The van der Waals surface area contributed by atoms with Crippen molar-refractivity contribution in [1.82, 2.24) is 0 Å². The first-order chi connectivity index (χ1) is 4.38. The molecule has 0 aromatic rings. The highest BCUT2D eigenvalue weighted by molar-refractivity contribution is 5.14. The molecular formula is C7H12N2. The topological polar surface area (TPSA) is 24.7 Å². The second-order valence-electron chi connectivity index (χ2n) is 2.20. The van der Waals surface area contributed by atoms with Crippen molar-refractivity contribution < 1.29 is 0 Å². The van der Waals surface area contributed by atoms with Gasteiger partial charge in [0.1, 0.15) is 0 Å². The lowest BCUT2D eigenvalue weighted by molar-refractivity contribution is 0.754. The van der Waals surface area contributed by atoms with Crippen molar-refractivity contribution in [2.75, 3.05) is 6.54 Å². The molecule has 1 unspecified atom stereocenters. The standard InChI is InChI=1S/C7H12N2/c1-3-6-5-8-9-7(6)4-2/h3,7H,4-5H2,1-2H3/b6-3-. The number of hydrogen-bond acceptors (Lipinski definition) is 2. The molecule has 1 aliphatic heterocycles. The van der Waals surface area contributed by atoms with E-state index in [9.17, 15) is 0 Å². The Morgan fingerprint density at radius 3 is 3.00 bits per heavy atom. The van der Waals surface area contributed by atoms with Gasteiger partial charge in [0.25, 0.3) is 0 Å². The lowest BCUT2D eigenvalue weighted by atomic mass is 10.1. The molecule has 50 valence electrons. The molecule has 2 heteroatoms. The first kappa shape index (κ1) is 6.46. The van der Waals surface area contributed by atoms with Gasteiger partial charge >= 0.3 is 0 Å². The summed E-state index contributed by atoms with van der Waals surface area (Å²) < 4.78 is 0. The Kier molecular flexibility index (Phi) is 1.98. The van der Waals surface area contributed by atoms with Gasteiger partial charge in [-0.1, -0.05) is 13.0 Å². The molecule has 0 saturated carbocycles. The van der Waals surface area contributed by atoms with Crippen LogP contribution in [0.1, 0.15) is 20.3 Å². The summed E-state index contributed by atoms with van der Waals surface area (Å²) in [5.74, 6) is 0. The van der Waals surface area contributed by atoms with Crippen LogP contribution in [0.25, 0.3) is 0 Å². The Hall–Kier alpha value is -0.660. The zero-order valence-corrected chi connectivity index (χ0v) is 5.96. The largest absolute Gasteiger partial charge is 0.189 e. The first-order valence-corrected chi connectivity index (χ1v) is 3.40. The molecule has 0 saturated heterocycles. The number of allylic oxidation sites excluding steroid dienone is 1. The van der Waals surface area contributed by atoms with Crippen LogP contribution in [0.2, 0.25) is 0 Å². The number of nitrogens with zero attached hydrogens (tertiary/aromatic N) is 2. The van der Waals surface area contributed by atoms with E-state index in [0.717, 1.165) is 13.0 Å². The van der Waals surface area contributed by atoms with Gasteiger partial charge in [0, 0.05) is 0 Å². The second kappa shape index (κ2) is 2.76. The fourth-order valence-electron chi connectivity index (χ4n) is 1.03. The van der Waals surface area contributed by atoms with Gasteiger partial charge in [-0.15, -0.1) is 0 Å². The molecule has 1 aliphatic rings. The number of hydrogen-bond donors (Lipinski definition) is 0. The minimum absolute atomic E-state index is 0.398. The van der Waals surface area contributed by atoms with Crippen molar-refractivity contribution in [1.29, 1.82) is 0 Å². The van der Waals surface area contributed by atoms with Crippen molar-refractivity contribution >= 4 is 0 Å². The molecule has 0 radical (unpaired) electrons. The molecule has 0 amide bonds. The van der Waals surface area contributed by atoms with Crippen molar-refractivity contribution in [2.24, 2.45) is 10.2 Å². The summed E-state index contributed by atoms with van der Waals surface area (Å²) in [5, 5.41) is 8.01. The molecule has 1 rings (SSSR count). The van der Waals surface area contributed by atoms with Crippen LogP contribution in [-0.4, -0.2) is 12.6 Å². The molecule has 0 bridgehead atoms. The summed E-state index contributed by atoms with van der Waals surface area (Å²) >= 11 is 0. The highest BCUT2D eigenvalue weighted by Crippen LogP contribution is 2.17. The number of rotatable bonds is 1. The van der Waals surface area contributed by atoms with Gasteiger partial charge in [-0.05, 0) is 18.9 Å². The third kappa shape index (κ3) is 1.18. The maximum atomic E-state index is 4.06. The normalized spacial score (nSPS) is 30.0. The minimum Gasteiger partial charge on any atom is -0.189 e. The molecule has 2 nitrogen and oxygen atoms in total. The first-order valence-electron chi connectivity index (χ1n) is 3.40. The summed E-state index contributed by atoms with van der Waals surface area (Å²) in [7, 11) is 0. The van der Waals surface area contributed by atoms with Crippen LogP contribution in [0, 0.1) is 0 Å². The van der Waals surface area contributed by atoms with Crippen LogP contribution in [0.5, 0.6) is 0 Å². The van der Waals surface area contributed by atoms with E-state index in [1.807, 2.05) is 6.92 Å². The van der Waals surface area contributed by atoms with Crippen LogP contribution in [0.15, 0.2) is 21.9 Å². The Balaban J connectivity index is 2.60. The molecule has 0 aromatic carbocycles.